The second-order valence-corrected chi connectivity index (χ2v) is 9.08. The number of carbonyl (C=O) groups is 2. The van der Waals surface area contributed by atoms with E-state index in [1.165, 1.54) is 22.9 Å². The topological polar surface area (TPSA) is 98.1 Å². The number of aryl methyl sites for hydroxylation is 1. The maximum absolute atomic E-state index is 12.3. The predicted molar refractivity (Wildman–Crippen MR) is 134 cm³/mol. The van der Waals surface area contributed by atoms with Gasteiger partial charge in [0.05, 0.1) is 12.3 Å². The van der Waals surface area contributed by atoms with Crippen LogP contribution in [0.2, 0.25) is 0 Å². The summed E-state index contributed by atoms with van der Waals surface area (Å²) in [6, 6.07) is 15.5. The fraction of sp³-hybridized carbons (Fsp3) is 0.360. The molecule has 180 valence electrons. The van der Waals surface area contributed by atoms with Crippen molar-refractivity contribution in [2.45, 2.75) is 44.8 Å². The molecule has 0 saturated carbocycles. The van der Waals surface area contributed by atoms with Crippen molar-refractivity contribution in [2.75, 3.05) is 17.7 Å². The van der Waals surface area contributed by atoms with Gasteiger partial charge in [-0.05, 0) is 47.7 Å². The number of amides is 2. The summed E-state index contributed by atoms with van der Waals surface area (Å²) >= 11 is 1.29. The van der Waals surface area contributed by atoms with E-state index in [-0.39, 0.29) is 30.7 Å². The van der Waals surface area contributed by atoms with Gasteiger partial charge in [-0.25, -0.2) is 0 Å². The Morgan fingerprint density at radius 2 is 1.74 bits per heavy atom. The molecule has 0 aliphatic rings. The fourth-order valence-corrected chi connectivity index (χ4v) is 3.83. The maximum Gasteiger partial charge on any atom is 0.258 e. The van der Waals surface area contributed by atoms with Crippen molar-refractivity contribution < 1.29 is 14.3 Å². The Balaban J connectivity index is 1.41. The lowest BCUT2D eigenvalue weighted by Gasteiger charge is -2.09. The fourth-order valence-electron chi connectivity index (χ4n) is 3.10. The standard InChI is InChI=1S/C25H31N5O3S/c1-5-18-6-10-20(11-7-18)27-24(32)16-34-25-29-28-22(30(25)4)14-26-23(31)15-33-21-12-8-19(9-13-21)17(2)3/h6-13,17H,5,14-16H2,1-4H3,(H,26,31)(H,27,32). The molecule has 0 spiro atoms. The largest absolute Gasteiger partial charge is 0.484 e. The van der Waals surface area contributed by atoms with E-state index < -0.39 is 0 Å². The zero-order valence-corrected chi connectivity index (χ0v) is 20.8. The van der Waals surface area contributed by atoms with Crippen LogP contribution in [0.5, 0.6) is 5.75 Å². The van der Waals surface area contributed by atoms with Gasteiger partial charge in [-0.3, -0.25) is 9.59 Å². The summed E-state index contributed by atoms with van der Waals surface area (Å²) in [6.07, 6.45) is 0.957. The molecule has 0 aliphatic heterocycles. The molecule has 0 aliphatic carbocycles. The van der Waals surface area contributed by atoms with Crippen LogP contribution in [0, 0.1) is 0 Å². The number of hydrogen-bond donors (Lipinski definition) is 2. The third-order valence-corrected chi connectivity index (χ3v) is 6.28. The van der Waals surface area contributed by atoms with E-state index in [0.29, 0.717) is 22.6 Å². The van der Waals surface area contributed by atoms with E-state index in [2.05, 4.69) is 41.6 Å². The van der Waals surface area contributed by atoms with Gasteiger partial charge in [-0.15, -0.1) is 10.2 Å². The molecule has 0 saturated heterocycles. The van der Waals surface area contributed by atoms with Crippen LogP contribution >= 0.6 is 11.8 Å². The van der Waals surface area contributed by atoms with E-state index in [1.54, 1.807) is 11.6 Å². The van der Waals surface area contributed by atoms with Crippen molar-refractivity contribution >= 4 is 29.3 Å². The summed E-state index contributed by atoms with van der Waals surface area (Å²) < 4.78 is 7.31. The van der Waals surface area contributed by atoms with Gasteiger partial charge >= 0.3 is 0 Å². The predicted octanol–water partition coefficient (Wildman–Crippen LogP) is 3.93. The maximum atomic E-state index is 12.3. The number of thioether (sulfide) groups is 1. The summed E-state index contributed by atoms with van der Waals surface area (Å²) in [5.41, 5.74) is 3.20. The average molecular weight is 482 g/mol. The van der Waals surface area contributed by atoms with Gasteiger partial charge < -0.3 is 19.9 Å². The van der Waals surface area contributed by atoms with E-state index >= 15 is 0 Å². The normalized spacial score (nSPS) is 10.9. The van der Waals surface area contributed by atoms with Gasteiger partial charge in [-0.2, -0.15) is 0 Å². The highest BCUT2D eigenvalue weighted by Crippen LogP contribution is 2.19. The number of rotatable bonds is 11. The van der Waals surface area contributed by atoms with Gasteiger partial charge in [0.25, 0.3) is 5.91 Å². The molecule has 34 heavy (non-hydrogen) atoms. The Morgan fingerprint density at radius 1 is 1.03 bits per heavy atom. The average Bonchev–Trinajstić information content (AvgIpc) is 3.20. The quantitative estimate of drug-likeness (QED) is 0.403. The molecule has 0 radical (unpaired) electrons. The molecule has 1 aromatic heterocycles. The second kappa shape index (κ2) is 12.2. The molecule has 3 rings (SSSR count). The van der Waals surface area contributed by atoms with Crippen molar-refractivity contribution in [3.05, 3.63) is 65.5 Å². The third kappa shape index (κ3) is 7.34. The molecule has 2 N–H and O–H groups in total. The summed E-state index contributed by atoms with van der Waals surface area (Å²) in [4.78, 5) is 24.4. The van der Waals surface area contributed by atoms with E-state index in [4.69, 9.17) is 4.74 Å². The van der Waals surface area contributed by atoms with Crippen molar-refractivity contribution in [3.8, 4) is 5.75 Å². The van der Waals surface area contributed by atoms with Crippen LogP contribution in [-0.4, -0.2) is 38.9 Å². The van der Waals surface area contributed by atoms with Crippen LogP contribution in [-0.2, 0) is 29.6 Å². The molecule has 8 nitrogen and oxygen atoms in total. The van der Waals surface area contributed by atoms with E-state index in [0.717, 1.165) is 12.1 Å². The number of benzene rings is 2. The van der Waals surface area contributed by atoms with Gasteiger partial charge in [0.2, 0.25) is 5.91 Å². The van der Waals surface area contributed by atoms with Crippen LogP contribution in [0.4, 0.5) is 5.69 Å². The minimum Gasteiger partial charge on any atom is -0.484 e. The molecule has 0 fully saturated rings. The SMILES string of the molecule is CCc1ccc(NC(=O)CSc2nnc(CNC(=O)COc3ccc(C(C)C)cc3)n2C)cc1. The van der Waals surface area contributed by atoms with Crippen LogP contribution in [0.25, 0.3) is 0 Å². The molecule has 1 heterocycles. The number of nitrogens with zero attached hydrogens (tertiary/aromatic N) is 3. The molecule has 0 atom stereocenters. The minimum atomic E-state index is -0.251. The summed E-state index contributed by atoms with van der Waals surface area (Å²) in [6.45, 7) is 6.47. The van der Waals surface area contributed by atoms with Crippen LogP contribution in [0.15, 0.2) is 53.7 Å². The highest BCUT2D eigenvalue weighted by molar-refractivity contribution is 7.99. The molecular weight excluding hydrogens is 450 g/mol. The Labute approximate surface area is 204 Å². The van der Waals surface area contributed by atoms with Crippen molar-refractivity contribution in [2.24, 2.45) is 7.05 Å². The first-order valence-corrected chi connectivity index (χ1v) is 12.2. The number of carbonyl (C=O) groups excluding carboxylic acids is 2. The van der Waals surface area contributed by atoms with Crippen molar-refractivity contribution in [1.29, 1.82) is 0 Å². The molecule has 0 unspecified atom stereocenters. The lowest BCUT2D eigenvalue weighted by Crippen LogP contribution is -2.29. The van der Waals surface area contributed by atoms with E-state index in [1.807, 2.05) is 48.5 Å². The molecular formula is C25H31N5O3S. The van der Waals surface area contributed by atoms with Crippen molar-refractivity contribution in [1.82, 2.24) is 20.1 Å². The zero-order valence-electron chi connectivity index (χ0n) is 20.0. The summed E-state index contributed by atoms with van der Waals surface area (Å²) in [5.74, 6) is 1.52. The first-order valence-electron chi connectivity index (χ1n) is 11.2. The molecule has 0 bridgehead atoms. The monoisotopic (exact) mass is 481 g/mol. The van der Waals surface area contributed by atoms with Gasteiger partial charge in [0.15, 0.2) is 17.6 Å². The molecule has 3 aromatic rings. The molecule has 2 amide bonds. The van der Waals surface area contributed by atoms with Gasteiger partial charge in [0, 0.05) is 12.7 Å². The number of nitrogens with one attached hydrogen (secondary N) is 2. The molecule has 2 aromatic carbocycles. The van der Waals surface area contributed by atoms with Gasteiger partial charge in [0.1, 0.15) is 5.75 Å². The Morgan fingerprint density at radius 3 is 2.38 bits per heavy atom. The number of anilines is 1. The highest BCUT2D eigenvalue weighted by atomic mass is 32.2. The smallest absolute Gasteiger partial charge is 0.258 e. The zero-order chi connectivity index (χ0) is 24.5. The first-order chi connectivity index (χ1) is 16.4. The van der Waals surface area contributed by atoms with Crippen LogP contribution < -0.4 is 15.4 Å². The lowest BCUT2D eigenvalue weighted by molar-refractivity contribution is -0.123. The summed E-state index contributed by atoms with van der Waals surface area (Å²) in [7, 11) is 1.80. The van der Waals surface area contributed by atoms with Crippen LogP contribution in [0.3, 0.4) is 0 Å². The highest BCUT2D eigenvalue weighted by Gasteiger charge is 2.13. The van der Waals surface area contributed by atoms with Gasteiger partial charge in [-0.1, -0.05) is 56.8 Å². The second-order valence-electron chi connectivity index (χ2n) is 8.13. The Bertz CT molecular complexity index is 1090. The lowest BCUT2D eigenvalue weighted by atomic mass is 10.0. The van der Waals surface area contributed by atoms with E-state index in [9.17, 15) is 9.59 Å². The number of hydrogen-bond acceptors (Lipinski definition) is 6. The Hall–Kier alpha value is -3.33. The third-order valence-electron chi connectivity index (χ3n) is 5.26. The van der Waals surface area contributed by atoms with Crippen LogP contribution in [0.1, 0.15) is 43.6 Å². The van der Waals surface area contributed by atoms with Crippen molar-refractivity contribution in [3.63, 3.8) is 0 Å². The Kier molecular flexibility index (Phi) is 9.09. The molecule has 9 heteroatoms. The summed E-state index contributed by atoms with van der Waals surface area (Å²) in [5, 5.41) is 14.5. The first kappa shape index (κ1) is 25.3. The number of ether oxygens (including phenoxy) is 1. The minimum absolute atomic E-state index is 0.0834. The number of aromatic nitrogens is 3.